The van der Waals surface area contributed by atoms with Crippen LogP contribution in [0.4, 0.5) is 11.4 Å². The second-order valence-electron chi connectivity index (χ2n) is 5.61. The molecule has 1 amide bonds. The Bertz CT molecular complexity index is 900. The van der Waals surface area contributed by atoms with Gasteiger partial charge in [-0.1, -0.05) is 30.3 Å². The largest absolute Gasteiger partial charge is 0.507 e. The van der Waals surface area contributed by atoms with Crippen molar-refractivity contribution in [3.8, 4) is 5.75 Å². The summed E-state index contributed by atoms with van der Waals surface area (Å²) in [7, 11) is 0. The van der Waals surface area contributed by atoms with Gasteiger partial charge in [-0.2, -0.15) is 4.58 Å². The molecule has 4 N–H and O–H groups in total. The SMILES string of the molecule is C=CCc1cccc(C=[N+]2C(CC(=O)NN)=Nc3ccccc32)c1O. The Morgan fingerprint density at radius 1 is 1.28 bits per heavy atom. The predicted molar refractivity (Wildman–Crippen MR) is 97.6 cm³/mol. The van der Waals surface area contributed by atoms with Gasteiger partial charge in [0.05, 0.1) is 5.56 Å². The molecule has 0 unspecified atom stereocenters. The van der Waals surface area contributed by atoms with E-state index in [1.54, 1.807) is 16.9 Å². The molecule has 0 radical (unpaired) electrons. The fourth-order valence-electron chi connectivity index (χ4n) is 2.73. The first-order chi connectivity index (χ1) is 12.1. The van der Waals surface area contributed by atoms with Crippen LogP contribution >= 0.6 is 0 Å². The molecule has 2 aromatic rings. The fourth-order valence-corrected chi connectivity index (χ4v) is 2.73. The minimum absolute atomic E-state index is 0.0365. The molecule has 1 heterocycles. The molecule has 0 bridgehead atoms. The first kappa shape index (κ1) is 16.6. The highest BCUT2D eigenvalue weighted by molar-refractivity contribution is 6.02. The molecule has 2 aromatic carbocycles. The zero-order chi connectivity index (χ0) is 17.8. The molecule has 3 rings (SSSR count). The Kier molecular flexibility index (Phi) is 4.72. The average molecular weight is 335 g/mol. The number of nitrogens with two attached hydrogens (primary N) is 1. The number of carbonyl (C=O) groups is 1. The zero-order valence-electron chi connectivity index (χ0n) is 13.6. The molecule has 25 heavy (non-hydrogen) atoms. The van der Waals surface area contributed by atoms with E-state index in [-0.39, 0.29) is 18.1 Å². The molecule has 6 heteroatoms. The van der Waals surface area contributed by atoms with Crippen LogP contribution in [0.25, 0.3) is 0 Å². The lowest BCUT2D eigenvalue weighted by Gasteiger charge is -2.06. The minimum Gasteiger partial charge on any atom is -0.507 e. The Labute approximate surface area is 145 Å². The molecule has 0 aliphatic carbocycles. The van der Waals surface area contributed by atoms with Gasteiger partial charge in [-0.05, 0) is 35.2 Å². The number of hydrogen-bond donors (Lipinski definition) is 3. The number of allylic oxidation sites excluding steroid dienone is 1. The topological polar surface area (TPSA) is 90.7 Å². The summed E-state index contributed by atoms with van der Waals surface area (Å²) in [5.74, 6) is 5.59. The number of hydrogen-bond acceptors (Lipinski definition) is 4. The molecular weight excluding hydrogens is 316 g/mol. The third-order valence-corrected chi connectivity index (χ3v) is 3.93. The van der Waals surface area contributed by atoms with Crippen molar-refractivity contribution >= 4 is 29.3 Å². The van der Waals surface area contributed by atoms with E-state index in [4.69, 9.17) is 5.84 Å². The van der Waals surface area contributed by atoms with Gasteiger partial charge in [0.15, 0.2) is 5.69 Å². The summed E-state index contributed by atoms with van der Waals surface area (Å²) in [5.41, 5.74) is 5.15. The summed E-state index contributed by atoms with van der Waals surface area (Å²) in [6.07, 6.45) is 4.12. The maximum absolute atomic E-state index is 11.7. The summed E-state index contributed by atoms with van der Waals surface area (Å²) in [6.45, 7) is 3.71. The number of phenolic OH excluding ortho intramolecular Hbond substituents is 1. The molecule has 1 aliphatic heterocycles. The van der Waals surface area contributed by atoms with Crippen LogP contribution in [-0.2, 0) is 11.2 Å². The zero-order valence-corrected chi connectivity index (χ0v) is 13.6. The van der Waals surface area contributed by atoms with Crippen LogP contribution in [0.2, 0.25) is 0 Å². The number of rotatable bonds is 5. The van der Waals surface area contributed by atoms with E-state index >= 15 is 0 Å². The number of fused-ring (bicyclic) bond motifs is 1. The molecule has 0 spiro atoms. The number of hydrazine groups is 1. The third kappa shape index (κ3) is 3.34. The lowest BCUT2D eigenvalue weighted by Crippen LogP contribution is -2.33. The Balaban J connectivity index is 2.08. The maximum atomic E-state index is 11.7. The molecule has 0 saturated carbocycles. The van der Waals surface area contributed by atoms with Crippen molar-refractivity contribution in [2.75, 3.05) is 0 Å². The molecule has 0 aromatic heterocycles. The van der Waals surface area contributed by atoms with Gasteiger partial charge in [0, 0.05) is 0 Å². The van der Waals surface area contributed by atoms with E-state index < -0.39 is 0 Å². The van der Waals surface area contributed by atoms with Crippen LogP contribution in [0, 0.1) is 0 Å². The molecule has 0 saturated heterocycles. The number of phenols is 1. The number of aliphatic imine (C=N–C) groups is 1. The van der Waals surface area contributed by atoms with Crippen LogP contribution in [0.15, 0.2) is 60.1 Å². The van der Waals surface area contributed by atoms with Crippen LogP contribution in [-0.4, -0.2) is 27.6 Å². The van der Waals surface area contributed by atoms with Gasteiger partial charge in [0.2, 0.25) is 11.6 Å². The predicted octanol–water partition coefficient (Wildman–Crippen LogP) is 2.31. The van der Waals surface area contributed by atoms with Crippen LogP contribution < -0.4 is 11.3 Å². The van der Waals surface area contributed by atoms with Crippen LogP contribution in [0.5, 0.6) is 5.75 Å². The number of amides is 1. The number of benzene rings is 2. The van der Waals surface area contributed by atoms with Crippen molar-refractivity contribution in [3.63, 3.8) is 0 Å². The van der Waals surface area contributed by atoms with Crippen molar-refractivity contribution in [2.24, 2.45) is 10.8 Å². The van der Waals surface area contributed by atoms with Gasteiger partial charge in [0.1, 0.15) is 18.4 Å². The van der Waals surface area contributed by atoms with Crippen molar-refractivity contribution < 1.29 is 14.5 Å². The highest BCUT2D eigenvalue weighted by Gasteiger charge is 2.31. The van der Waals surface area contributed by atoms with E-state index in [0.29, 0.717) is 17.8 Å². The van der Waals surface area contributed by atoms with E-state index in [1.165, 1.54) is 0 Å². The number of carbonyl (C=O) groups excluding carboxylic acids is 1. The van der Waals surface area contributed by atoms with Crippen LogP contribution in [0.3, 0.4) is 0 Å². The fraction of sp³-hybridized carbons (Fsp3) is 0.105. The number of amidine groups is 1. The van der Waals surface area contributed by atoms with Crippen molar-refractivity contribution in [2.45, 2.75) is 12.8 Å². The molecule has 0 atom stereocenters. The number of nitrogens with zero attached hydrogens (tertiary/aromatic N) is 2. The van der Waals surface area contributed by atoms with Gasteiger partial charge in [-0.25, -0.2) is 5.84 Å². The second-order valence-corrected chi connectivity index (χ2v) is 5.61. The van der Waals surface area contributed by atoms with E-state index in [0.717, 1.165) is 16.9 Å². The molecule has 6 nitrogen and oxygen atoms in total. The third-order valence-electron chi connectivity index (χ3n) is 3.93. The van der Waals surface area contributed by atoms with Crippen molar-refractivity contribution in [3.05, 3.63) is 66.2 Å². The van der Waals surface area contributed by atoms with Crippen molar-refractivity contribution in [1.29, 1.82) is 0 Å². The number of nitrogens with one attached hydrogen (secondary N) is 1. The van der Waals surface area contributed by atoms with Gasteiger partial charge in [-0.3, -0.25) is 10.2 Å². The summed E-state index contributed by atoms with van der Waals surface area (Å²) >= 11 is 0. The summed E-state index contributed by atoms with van der Waals surface area (Å²) in [6, 6.07) is 13.1. The Morgan fingerprint density at radius 3 is 2.84 bits per heavy atom. The van der Waals surface area contributed by atoms with Gasteiger partial charge in [-0.15, -0.1) is 6.58 Å². The Hall–Kier alpha value is -3.25. The lowest BCUT2D eigenvalue weighted by molar-refractivity contribution is -0.296. The first-order valence-electron chi connectivity index (χ1n) is 7.86. The van der Waals surface area contributed by atoms with Gasteiger partial charge >= 0.3 is 5.84 Å². The highest BCUT2D eigenvalue weighted by atomic mass is 16.3. The maximum Gasteiger partial charge on any atom is 0.314 e. The van der Waals surface area contributed by atoms with Gasteiger partial charge < -0.3 is 5.11 Å². The van der Waals surface area contributed by atoms with E-state index in [1.807, 2.05) is 42.5 Å². The monoisotopic (exact) mass is 335 g/mol. The average Bonchev–Trinajstić information content (AvgIpc) is 2.95. The van der Waals surface area contributed by atoms with E-state index in [2.05, 4.69) is 17.0 Å². The smallest absolute Gasteiger partial charge is 0.314 e. The lowest BCUT2D eigenvalue weighted by atomic mass is 10.1. The molecular formula is C19H19N4O2+. The number of aromatic hydroxyl groups is 1. The quantitative estimate of drug-likeness (QED) is 0.257. The second kappa shape index (κ2) is 7.11. The Morgan fingerprint density at radius 2 is 2.08 bits per heavy atom. The van der Waals surface area contributed by atoms with Crippen molar-refractivity contribution in [1.82, 2.24) is 5.43 Å². The normalized spacial score (nSPS) is 14.1. The summed E-state index contributed by atoms with van der Waals surface area (Å²) in [4.78, 5) is 16.2. The molecule has 0 fully saturated rings. The first-order valence-corrected chi connectivity index (χ1v) is 7.86. The highest BCUT2D eigenvalue weighted by Crippen LogP contribution is 2.34. The number of para-hydroxylation sites is 3. The molecule has 1 aliphatic rings. The van der Waals surface area contributed by atoms with Gasteiger partial charge in [0.25, 0.3) is 0 Å². The summed E-state index contributed by atoms with van der Waals surface area (Å²) < 4.78 is 1.80. The summed E-state index contributed by atoms with van der Waals surface area (Å²) in [5, 5.41) is 10.5. The van der Waals surface area contributed by atoms with Crippen LogP contribution in [0.1, 0.15) is 17.5 Å². The minimum atomic E-state index is -0.338. The standard InChI is InChI=1S/C19H18N4O2/c1-2-6-13-7-5-8-14(19(13)25)12-23-16-10-4-3-9-15(16)21-17(23)11-18(24)22-20/h2-5,7-10,12H,1,6,11,20H2,(H,22,24)/p+1. The van der Waals surface area contributed by atoms with E-state index in [9.17, 15) is 9.90 Å². The molecule has 126 valence electrons.